The molecule has 1 N–H and O–H groups in total. The van der Waals surface area contributed by atoms with Gasteiger partial charge < -0.3 is 10.1 Å². The van der Waals surface area contributed by atoms with Gasteiger partial charge in [-0.2, -0.15) is 13.2 Å². The number of nitrogens with one attached hydrogen (secondary N) is 1. The standard InChI is InChI=1S/C13H21F3N2OS/c1-10(2)6-17-7-12-18-11(9-20-12)8-19-5-3-4-13(14,15)16/h9-10,17H,3-8H2,1-2H3. The first-order valence-electron chi connectivity index (χ1n) is 6.65. The van der Waals surface area contributed by atoms with Gasteiger partial charge >= 0.3 is 6.18 Å². The van der Waals surface area contributed by atoms with Gasteiger partial charge in [-0.15, -0.1) is 11.3 Å². The SMILES string of the molecule is CC(C)CNCc1nc(COCCCC(F)(F)F)cs1. The number of hydrogen-bond acceptors (Lipinski definition) is 4. The second-order valence-corrected chi connectivity index (χ2v) is 5.97. The van der Waals surface area contributed by atoms with Crippen molar-refractivity contribution < 1.29 is 17.9 Å². The van der Waals surface area contributed by atoms with Gasteiger partial charge in [-0.3, -0.25) is 0 Å². The Morgan fingerprint density at radius 1 is 1.40 bits per heavy atom. The minimum Gasteiger partial charge on any atom is -0.375 e. The Labute approximate surface area is 121 Å². The van der Waals surface area contributed by atoms with Crippen molar-refractivity contribution in [3.63, 3.8) is 0 Å². The normalized spacial score (nSPS) is 12.3. The highest BCUT2D eigenvalue weighted by Gasteiger charge is 2.25. The number of ether oxygens (including phenoxy) is 1. The zero-order valence-electron chi connectivity index (χ0n) is 11.8. The molecule has 1 heterocycles. The lowest BCUT2D eigenvalue weighted by molar-refractivity contribution is -0.138. The van der Waals surface area contributed by atoms with Crippen molar-refractivity contribution in [2.75, 3.05) is 13.2 Å². The van der Waals surface area contributed by atoms with Gasteiger partial charge in [-0.05, 0) is 18.9 Å². The Kier molecular flexibility index (Phi) is 7.47. The van der Waals surface area contributed by atoms with Gasteiger partial charge in [0.15, 0.2) is 0 Å². The maximum atomic E-state index is 11.9. The molecule has 0 bridgehead atoms. The molecule has 20 heavy (non-hydrogen) atoms. The van der Waals surface area contributed by atoms with Crippen LogP contribution < -0.4 is 5.32 Å². The first-order chi connectivity index (χ1) is 9.37. The van der Waals surface area contributed by atoms with Crippen LogP contribution in [0.5, 0.6) is 0 Å². The van der Waals surface area contributed by atoms with Crippen LogP contribution in [-0.2, 0) is 17.9 Å². The third-order valence-corrected chi connectivity index (χ3v) is 3.32. The maximum absolute atomic E-state index is 11.9. The minimum absolute atomic E-state index is 0.00353. The molecule has 0 aromatic carbocycles. The van der Waals surface area contributed by atoms with Gasteiger partial charge in [0.25, 0.3) is 0 Å². The van der Waals surface area contributed by atoms with Crippen LogP contribution in [0, 0.1) is 5.92 Å². The van der Waals surface area contributed by atoms with E-state index in [0.29, 0.717) is 5.92 Å². The molecule has 3 nitrogen and oxygen atoms in total. The van der Waals surface area contributed by atoms with E-state index >= 15 is 0 Å². The fourth-order valence-electron chi connectivity index (χ4n) is 1.52. The first kappa shape index (κ1) is 17.4. The highest BCUT2D eigenvalue weighted by molar-refractivity contribution is 7.09. The first-order valence-corrected chi connectivity index (χ1v) is 7.53. The third kappa shape index (κ3) is 8.50. The highest BCUT2D eigenvalue weighted by atomic mass is 32.1. The molecule has 0 unspecified atom stereocenters. The lowest BCUT2D eigenvalue weighted by atomic mass is 10.2. The molecule has 0 fully saturated rings. The third-order valence-electron chi connectivity index (χ3n) is 2.43. The van der Waals surface area contributed by atoms with Gasteiger partial charge in [0.2, 0.25) is 0 Å². The van der Waals surface area contributed by atoms with Crippen molar-refractivity contribution in [2.45, 2.75) is 46.0 Å². The van der Waals surface area contributed by atoms with Crippen LogP contribution in [0.4, 0.5) is 13.2 Å². The molecule has 0 saturated carbocycles. The molecule has 0 aliphatic rings. The van der Waals surface area contributed by atoms with Gasteiger partial charge in [-0.1, -0.05) is 13.8 Å². The highest BCUT2D eigenvalue weighted by Crippen LogP contribution is 2.21. The fourth-order valence-corrected chi connectivity index (χ4v) is 2.26. The fraction of sp³-hybridized carbons (Fsp3) is 0.769. The molecule has 1 aromatic heterocycles. The van der Waals surface area contributed by atoms with Crippen LogP contribution in [0.3, 0.4) is 0 Å². The van der Waals surface area contributed by atoms with E-state index in [-0.39, 0.29) is 19.6 Å². The number of rotatable bonds is 9. The topological polar surface area (TPSA) is 34.2 Å². The van der Waals surface area contributed by atoms with E-state index in [4.69, 9.17) is 4.74 Å². The summed E-state index contributed by atoms with van der Waals surface area (Å²) in [7, 11) is 0. The quantitative estimate of drug-likeness (QED) is 0.705. The van der Waals surface area contributed by atoms with Gasteiger partial charge in [0, 0.05) is 25.0 Å². The lowest BCUT2D eigenvalue weighted by Crippen LogP contribution is -2.18. The zero-order valence-corrected chi connectivity index (χ0v) is 12.6. The Hall–Kier alpha value is -0.660. The second kappa shape index (κ2) is 8.59. The van der Waals surface area contributed by atoms with Crippen LogP contribution in [0.1, 0.15) is 37.4 Å². The van der Waals surface area contributed by atoms with Crippen molar-refractivity contribution in [3.8, 4) is 0 Å². The molecule has 0 spiro atoms. The van der Waals surface area contributed by atoms with E-state index in [1.807, 2.05) is 5.38 Å². The lowest BCUT2D eigenvalue weighted by Gasteiger charge is -2.06. The summed E-state index contributed by atoms with van der Waals surface area (Å²) in [6, 6.07) is 0. The van der Waals surface area contributed by atoms with Crippen molar-refractivity contribution in [1.82, 2.24) is 10.3 Å². The van der Waals surface area contributed by atoms with Crippen LogP contribution >= 0.6 is 11.3 Å². The summed E-state index contributed by atoms with van der Waals surface area (Å²) in [4.78, 5) is 4.36. The van der Waals surface area contributed by atoms with Crippen LogP contribution in [0.25, 0.3) is 0 Å². The van der Waals surface area contributed by atoms with Gasteiger partial charge in [0.05, 0.1) is 12.3 Å². The van der Waals surface area contributed by atoms with E-state index < -0.39 is 12.6 Å². The summed E-state index contributed by atoms with van der Waals surface area (Å²) in [5.74, 6) is 0.589. The van der Waals surface area contributed by atoms with Crippen molar-refractivity contribution >= 4 is 11.3 Å². The smallest absolute Gasteiger partial charge is 0.375 e. The van der Waals surface area contributed by atoms with E-state index in [1.165, 1.54) is 11.3 Å². The average Bonchev–Trinajstić information content (AvgIpc) is 2.74. The van der Waals surface area contributed by atoms with Crippen molar-refractivity contribution in [2.24, 2.45) is 5.92 Å². The van der Waals surface area contributed by atoms with Gasteiger partial charge in [0.1, 0.15) is 5.01 Å². The molecule has 7 heteroatoms. The number of nitrogens with zero attached hydrogens (tertiary/aromatic N) is 1. The van der Waals surface area contributed by atoms with E-state index in [9.17, 15) is 13.2 Å². The number of thiazole rings is 1. The molecule has 0 saturated heterocycles. The summed E-state index contributed by atoms with van der Waals surface area (Å²) in [6.45, 7) is 6.31. The van der Waals surface area contributed by atoms with Gasteiger partial charge in [-0.25, -0.2) is 4.98 Å². The Bertz CT molecular complexity index is 380. The molecule has 116 valence electrons. The van der Waals surface area contributed by atoms with Crippen molar-refractivity contribution in [3.05, 3.63) is 16.1 Å². The number of alkyl halides is 3. The molecule has 0 amide bonds. The summed E-state index contributed by atoms with van der Waals surface area (Å²) in [5, 5.41) is 6.15. The largest absolute Gasteiger partial charge is 0.389 e. The Balaban J connectivity index is 2.14. The van der Waals surface area contributed by atoms with Crippen LogP contribution in [0.15, 0.2) is 5.38 Å². The van der Waals surface area contributed by atoms with E-state index in [1.54, 1.807) is 0 Å². The van der Waals surface area contributed by atoms with E-state index in [0.717, 1.165) is 23.8 Å². The number of halogens is 3. The maximum Gasteiger partial charge on any atom is 0.389 e. The molecule has 0 aliphatic carbocycles. The predicted molar refractivity (Wildman–Crippen MR) is 73.6 cm³/mol. The monoisotopic (exact) mass is 310 g/mol. The summed E-state index contributed by atoms with van der Waals surface area (Å²) in [5.41, 5.74) is 0.781. The molecule has 1 rings (SSSR count). The van der Waals surface area contributed by atoms with Crippen molar-refractivity contribution in [1.29, 1.82) is 0 Å². The van der Waals surface area contributed by atoms with Crippen LogP contribution in [-0.4, -0.2) is 24.3 Å². The summed E-state index contributed by atoms with van der Waals surface area (Å²) >= 11 is 1.54. The molecule has 1 aromatic rings. The summed E-state index contributed by atoms with van der Waals surface area (Å²) in [6.07, 6.45) is -4.90. The minimum atomic E-state index is -4.10. The average molecular weight is 310 g/mol. The van der Waals surface area contributed by atoms with E-state index in [2.05, 4.69) is 24.1 Å². The molecular weight excluding hydrogens is 289 g/mol. The predicted octanol–water partition coefficient (Wildman–Crippen LogP) is 3.75. The number of hydrogen-bond donors (Lipinski definition) is 1. The zero-order chi connectivity index (χ0) is 15.0. The molecule has 0 aliphatic heterocycles. The number of aromatic nitrogens is 1. The molecular formula is C13H21F3N2OS. The molecule has 0 radical (unpaired) electrons. The second-order valence-electron chi connectivity index (χ2n) is 5.03. The molecule has 0 atom stereocenters. The Morgan fingerprint density at radius 3 is 2.80 bits per heavy atom. The van der Waals surface area contributed by atoms with Crippen LogP contribution in [0.2, 0.25) is 0 Å². The summed E-state index contributed by atoms with van der Waals surface area (Å²) < 4.78 is 40.9. The Morgan fingerprint density at radius 2 is 2.15 bits per heavy atom.